The highest BCUT2D eigenvalue weighted by Crippen LogP contribution is 2.31. The summed E-state index contributed by atoms with van der Waals surface area (Å²) < 4.78 is 32.4. The molecule has 1 atom stereocenters. The van der Waals surface area contributed by atoms with Crippen molar-refractivity contribution in [3.05, 3.63) is 23.3 Å². The van der Waals surface area contributed by atoms with E-state index in [0.29, 0.717) is 24.1 Å². The highest BCUT2D eigenvalue weighted by molar-refractivity contribution is 7.89. The number of carbonyl (C=O) groups excluding carboxylic acids is 1. The third-order valence-corrected chi connectivity index (χ3v) is 6.66. The van der Waals surface area contributed by atoms with E-state index in [9.17, 15) is 18.3 Å². The Kier molecular flexibility index (Phi) is 5.87. The van der Waals surface area contributed by atoms with Crippen LogP contribution in [0, 0.1) is 13.8 Å². The van der Waals surface area contributed by atoms with E-state index in [4.69, 9.17) is 0 Å². The summed E-state index contributed by atoms with van der Waals surface area (Å²) in [5, 5.41) is 9.77. The first-order valence-electron chi connectivity index (χ1n) is 8.16. The molecule has 0 amide bonds. The molecule has 1 aromatic carbocycles. The minimum atomic E-state index is -3.67. The number of piperidine rings is 1. The number of phenols is 1. The Morgan fingerprint density at radius 2 is 2.00 bits per heavy atom. The highest BCUT2D eigenvalue weighted by Gasteiger charge is 2.34. The summed E-state index contributed by atoms with van der Waals surface area (Å²) in [7, 11) is -2.33. The first-order chi connectivity index (χ1) is 11.3. The van der Waals surface area contributed by atoms with E-state index < -0.39 is 10.0 Å². The predicted molar refractivity (Wildman–Crippen MR) is 90.4 cm³/mol. The zero-order chi connectivity index (χ0) is 17.9. The lowest BCUT2D eigenvalue weighted by Gasteiger charge is -2.35. The summed E-state index contributed by atoms with van der Waals surface area (Å²) in [5.74, 6) is -0.234. The molecular formula is C17H25NO5S. The Morgan fingerprint density at radius 3 is 2.67 bits per heavy atom. The number of rotatable bonds is 5. The third kappa shape index (κ3) is 3.89. The van der Waals surface area contributed by atoms with Gasteiger partial charge in [0.2, 0.25) is 10.0 Å². The lowest BCUT2D eigenvalue weighted by atomic mass is 10.0. The molecule has 1 saturated heterocycles. The molecule has 6 nitrogen and oxygen atoms in total. The maximum absolute atomic E-state index is 13.1. The van der Waals surface area contributed by atoms with Gasteiger partial charge in [0.15, 0.2) is 0 Å². The quantitative estimate of drug-likeness (QED) is 0.821. The van der Waals surface area contributed by atoms with Gasteiger partial charge >= 0.3 is 5.97 Å². The van der Waals surface area contributed by atoms with Crippen molar-refractivity contribution < 1.29 is 23.1 Å². The molecule has 1 unspecified atom stereocenters. The van der Waals surface area contributed by atoms with Crippen LogP contribution < -0.4 is 0 Å². The standard InChI is InChI=1S/C17H25NO5S/c1-12-11-16(13(2)10-15(12)19)24(21,22)18-9-5-4-6-14(18)7-8-17(20)23-3/h10-11,14,19H,4-9H2,1-3H3. The van der Waals surface area contributed by atoms with Gasteiger partial charge in [0.1, 0.15) is 5.75 Å². The molecule has 0 spiro atoms. The summed E-state index contributed by atoms with van der Waals surface area (Å²) in [4.78, 5) is 11.6. The van der Waals surface area contributed by atoms with E-state index in [0.717, 1.165) is 19.3 Å². The van der Waals surface area contributed by atoms with Crippen LogP contribution in [0.15, 0.2) is 17.0 Å². The number of hydrogen-bond donors (Lipinski definition) is 1. The maximum atomic E-state index is 13.1. The van der Waals surface area contributed by atoms with Crippen LogP contribution >= 0.6 is 0 Å². The zero-order valence-electron chi connectivity index (χ0n) is 14.4. The average molecular weight is 355 g/mol. The highest BCUT2D eigenvalue weighted by atomic mass is 32.2. The zero-order valence-corrected chi connectivity index (χ0v) is 15.2. The average Bonchev–Trinajstić information content (AvgIpc) is 2.56. The summed E-state index contributed by atoms with van der Waals surface area (Å²) in [6.45, 7) is 3.81. The molecule has 1 heterocycles. The molecule has 0 aliphatic carbocycles. The Balaban J connectivity index is 2.31. The summed E-state index contributed by atoms with van der Waals surface area (Å²) >= 11 is 0. The topological polar surface area (TPSA) is 83.9 Å². The Bertz CT molecular complexity index is 714. The second-order valence-electron chi connectivity index (χ2n) is 6.28. The van der Waals surface area contributed by atoms with Crippen LogP contribution in [0.4, 0.5) is 0 Å². The second kappa shape index (κ2) is 7.53. The number of phenolic OH excluding ortho intramolecular Hbond substituents is 1. The largest absolute Gasteiger partial charge is 0.508 e. The van der Waals surface area contributed by atoms with E-state index in [-0.39, 0.29) is 29.1 Å². The molecule has 1 fully saturated rings. The van der Waals surface area contributed by atoms with E-state index in [1.54, 1.807) is 13.8 Å². The van der Waals surface area contributed by atoms with Gasteiger partial charge < -0.3 is 9.84 Å². The molecule has 0 aromatic heterocycles. The van der Waals surface area contributed by atoms with Gasteiger partial charge in [-0.05, 0) is 56.4 Å². The van der Waals surface area contributed by atoms with Crippen LogP contribution in [-0.4, -0.2) is 43.5 Å². The maximum Gasteiger partial charge on any atom is 0.305 e. The van der Waals surface area contributed by atoms with Crippen molar-refractivity contribution >= 4 is 16.0 Å². The summed E-state index contributed by atoms with van der Waals surface area (Å²) in [5.41, 5.74) is 1.05. The van der Waals surface area contributed by atoms with Crippen LogP contribution in [0.25, 0.3) is 0 Å². The summed E-state index contributed by atoms with van der Waals surface area (Å²) in [6.07, 6.45) is 3.17. The monoisotopic (exact) mass is 355 g/mol. The van der Waals surface area contributed by atoms with E-state index in [1.165, 1.54) is 23.5 Å². The number of methoxy groups -OCH3 is 1. The number of sulfonamides is 1. The van der Waals surface area contributed by atoms with Gasteiger partial charge in [0, 0.05) is 19.0 Å². The predicted octanol–water partition coefficient (Wildman–Crippen LogP) is 2.51. The molecule has 1 aliphatic rings. The number of benzene rings is 1. The van der Waals surface area contributed by atoms with Gasteiger partial charge in [-0.2, -0.15) is 4.31 Å². The van der Waals surface area contributed by atoms with E-state index in [2.05, 4.69) is 4.74 Å². The Morgan fingerprint density at radius 1 is 1.29 bits per heavy atom. The van der Waals surface area contributed by atoms with Crippen LogP contribution in [0.3, 0.4) is 0 Å². The lowest BCUT2D eigenvalue weighted by molar-refractivity contribution is -0.141. The van der Waals surface area contributed by atoms with Crippen LogP contribution in [0.1, 0.15) is 43.2 Å². The first-order valence-corrected chi connectivity index (χ1v) is 9.60. The molecule has 1 N–H and O–H groups in total. The summed E-state index contributed by atoms with van der Waals surface area (Å²) in [6, 6.07) is 2.80. The number of nitrogens with zero attached hydrogens (tertiary/aromatic N) is 1. The number of hydrogen-bond acceptors (Lipinski definition) is 5. The third-order valence-electron chi connectivity index (χ3n) is 4.56. The smallest absolute Gasteiger partial charge is 0.305 e. The molecule has 1 aliphatic heterocycles. The Hall–Kier alpha value is -1.60. The fourth-order valence-electron chi connectivity index (χ4n) is 3.14. The van der Waals surface area contributed by atoms with Crippen LogP contribution in [0.5, 0.6) is 5.75 Å². The van der Waals surface area contributed by atoms with Gasteiger partial charge in [-0.25, -0.2) is 8.42 Å². The number of carbonyl (C=O) groups is 1. The molecule has 1 aromatic rings. The fraction of sp³-hybridized carbons (Fsp3) is 0.588. The molecule has 2 rings (SSSR count). The van der Waals surface area contributed by atoms with Gasteiger partial charge in [0.25, 0.3) is 0 Å². The molecule has 0 bridgehead atoms. The molecule has 7 heteroatoms. The molecule has 24 heavy (non-hydrogen) atoms. The minimum absolute atomic E-state index is 0.0901. The van der Waals surface area contributed by atoms with Crippen molar-refractivity contribution in [3.63, 3.8) is 0 Å². The van der Waals surface area contributed by atoms with Gasteiger partial charge in [-0.15, -0.1) is 0 Å². The molecule has 0 saturated carbocycles. The van der Waals surface area contributed by atoms with E-state index in [1.807, 2.05) is 0 Å². The number of esters is 1. The first kappa shape index (κ1) is 18.7. The van der Waals surface area contributed by atoms with Crippen molar-refractivity contribution in [2.75, 3.05) is 13.7 Å². The van der Waals surface area contributed by atoms with Crippen molar-refractivity contribution in [1.29, 1.82) is 0 Å². The van der Waals surface area contributed by atoms with Crippen molar-refractivity contribution in [2.45, 2.75) is 56.9 Å². The minimum Gasteiger partial charge on any atom is -0.508 e. The second-order valence-corrected chi connectivity index (χ2v) is 8.14. The Labute approximate surface area is 143 Å². The number of ether oxygens (including phenoxy) is 1. The van der Waals surface area contributed by atoms with Crippen molar-refractivity contribution in [1.82, 2.24) is 4.31 Å². The van der Waals surface area contributed by atoms with Crippen LogP contribution in [0.2, 0.25) is 0 Å². The van der Waals surface area contributed by atoms with Gasteiger partial charge in [-0.3, -0.25) is 4.79 Å². The molecule has 134 valence electrons. The fourth-order valence-corrected chi connectivity index (χ4v) is 5.16. The van der Waals surface area contributed by atoms with Gasteiger partial charge in [-0.1, -0.05) is 6.42 Å². The normalized spacial score (nSPS) is 19.2. The van der Waals surface area contributed by atoms with Crippen LogP contribution in [-0.2, 0) is 19.6 Å². The van der Waals surface area contributed by atoms with E-state index >= 15 is 0 Å². The van der Waals surface area contributed by atoms with Crippen molar-refractivity contribution in [2.24, 2.45) is 0 Å². The lowest BCUT2D eigenvalue weighted by Crippen LogP contribution is -2.44. The number of aromatic hydroxyl groups is 1. The van der Waals surface area contributed by atoms with Gasteiger partial charge in [0.05, 0.1) is 12.0 Å². The SMILES string of the molecule is COC(=O)CCC1CCCCN1S(=O)(=O)c1cc(C)c(O)cc1C. The molecular weight excluding hydrogens is 330 g/mol. The number of aryl methyl sites for hydroxylation is 2. The molecule has 0 radical (unpaired) electrons. The van der Waals surface area contributed by atoms with Crippen molar-refractivity contribution in [3.8, 4) is 5.75 Å².